The van der Waals surface area contributed by atoms with E-state index in [2.05, 4.69) is 41.4 Å². The number of nitrogens with one attached hydrogen (secondary N) is 2. The number of hydrogen-bond acceptors (Lipinski definition) is 3. The number of hydrogen-bond donors (Lipinski definition) is 2. The van der Waals surface area contributed by atoms with E-state index in [1.165, 1.54) is 12.8 Å². The third-order valence-corrected chi connectivity index (χ3v) is 2.59. The Bertz CT molecular complexity index is 215. The third-order valence-electron chi connectivity index (χ3n) is 2.59. The second kappa shape index (κ2) is 16.0. The molecule has 0 aromatic heterocycles. The fraction of sp³-hybridized carbons (Fsp3) is 0.923. The van der Waals surface area contributed by atoms with E-state index in [0.717, 1.165) is 38.7 Å². The van der Waals surface area contributed by atoms with Gasteiger partial charge in [-0.3, -0.25) is 4.99 Å². The molecule has 0 saturated heterocycles. The molecule has 0 aromatic rings. The van der Waals surface area contributed by atoms with Crippen molar-refractivity contribution in [1.29, 1.82) is 0 Å². The summed E-state index contributed by atoms with van der Waals surface area (Å²) in [6, 6.07) is 0. The number of likely N-dealkylation sites (N-methyl/N-ethyl adjacent to an activating group) is 1. The monoisotopic (exact) mass is 386 g/mol. The topological polar surface area (TPSA) is 48.9 Å². The number of methoxy groups -OCH3 is 1. The molecule has 0 atom stereocenters. The van der Waals surface area contributed by atoms with Crippen LogP contribution in [0.15, 0.2) is 4.99 Å². The van der Waals surface area contributed by atoms with Gasteiger partial charge in [-0.05, 0) is 26.9 Å². The van der Waals surface area contributed by atoms with Gasteiger partial charge in [0, 0.05) is 26.7 Å². The van der Waals surface area contributed by atoms with E-state index in [1.54, 1.807) is 7.11 Å². The minimum absolute atomic E-state index is 0. The van der Waals surface area contributed by atoms with Crippen LogP contribution >= 0.6 is 24.0 Å². The van der Waals surface area contributed by atoms with Gasteiger partial charge in [0.25, 0.3) is 0 Å². The van der Waals surface area contributed by atoms with Crippen molar-refractivity contribution in [2.75, 3.05) is 53.5 Å². The lowest BCUT2D eigenvalue weighted by Crippen LogP contribution is -2.39. The quantitative estimate of drug-likeness (QED) is 0.259. The molecule has 0 unspecified atom stereocenters. The molecular weight excluding hydrogens is 355 g/mol. The van der Waals surface area contributed by atoms with Gasteiger partial charge >= 0.3 is 0 Å². The molecule has 19 heavy (non-hydrogen) atoms. The van der Waals surface area contributed by atoms with E-state index in [4.69, 9.17) is 4.74 Å². The zero-order valence-corrected chi connectivity index (χ0v) is 15.2. The molecule has 2 N–H and O–H groups in total. The van der Waals surface area contributed by atoms with Crippen LogP contribution in [-0.4, -0.2) is 64.3 Å². The SMILES string of the molecule is CCCCN(C)CCN=C(NCC)NCCOC.I. The lowest BCUT2D eigenvalue weighted by atomic mass is 10.3. The van der Waals surface area contributed by atoms with E-state index < -0.39 is 0 Å². The summed E-state index contributed by atoms with van der Waals surface area (Å²) in [5.74, 6) is 0.874. The Labute approximate surface area is 135 Å². The minimum Gasteiger partial charge on any atom is -0.383 e. The first kappa shape index (κ1) is 21.2. The second-order valence-electron chi connectivity index (χ2n) is 4.34. The van der Waals surface area contributed by atoms with Crippen molar-refractivity contribution in [3.05, 3.63) is 0 Å². The largest absolute Gasteiger partial charge is 0.383 e. The maximum atomic E-state index is 5.00. The number of rotatable bonds is 10. The average molecular weight is 386 g/mol. The maximum Gasteiger partial charge on any atom is 0.191 e. The van der Waals surface area contributed by atoms with Gasteiger partial charge in [-0.2, -0.15) is 0 Å². The van der Waals surface area contributed by atoms with E-state index in [-0.39, 0.29) is 24.0 Å². The third kappa shape index (κ3) is 14.1. The summed E-state index contributed by atoms with van der Waals surface area (Å²) in [4.78, 5) is 6.86. The predicted octanol–water partition coefficient (Wildman–Crippen LogP) is 1.54. The molecule has 0 bridgehead atoms. The first-order valence-corrected chi connectivity index (χ1v) is 6.94. The summed E-state index contributed by atoms with van der Waals surface area (Å²) in [6.07, 6.45) is 2.50. The van der Waals surface area contributed by atoms with E-state index in [9.17, 15) is 0 Å². The fourth-order valence-corrected chi connectivity index (χ4v) is 1.49. The van der Waals surface area contributed by atoms with Crippen LogP contribution in [0.5, 0.6) is 0 Å². The van der Waals surface area contributed by atoms with Gasteiger partial charge in [0.15, 0.2) is 5.96 Å². The molecule has 0 aliphatic rings. The van der Waals surface area contributed by atoms with Crippen molar-refractivity contribution < 1.29 is 4.74 Å². The van der Waals surface area contributed by atoms with E-state index in [0.29, 0.717) is 6.61 Å². The number of guanidine groups is 1. The summed E-state index contributed by atoms with van der Waals surface area (Å²) in [5.41, 5.74) is 0. The number of nitrogens with zero attached hydrogens (tertiary/aromatic N) is 2. The van der Waals surface area contributed by atoms with Crippen LogP contribution < -0.4 is 10.6 Å². The van der Waals surface area contributed by atoms with Crippen LogP contribution in [0.4, 0.5) is 0 Å². The predicted molar refractivity (Wildman–Crippen MR) is 93.7 cm³/mol. The normalized spacial score (nSPS) is 11.3. The highest BCUT2D eigenvalue weighted by Crippen LogP contribution is 1.91. The zero-order valence-electron chi connectivity index (χ0n) is 12.9. The summed E-state index contributed by atoms with van der Waals surface area (Å²) in [7, 11) is 3.85. The number of aliphatic imine (C=N–C) groups is 1. The van der Waals surface area contributed by atoms with Crippen molar-refractivity contribution >= 4 is 29.9 Å². The molecule has 6 heteroatoms. The lowest BCUT2D eigenvalue weighted by molar-refractivity contribution is 0.203. The molecule has 0 heterocycles. The van der Waals surface area contributed by atoms with Gasteiger partial charge in [-0.1, -0.05) is 13.3 Å². The molecule has 0 aliphatic heterocycles. The number of ether oxygens (including phenoxy) is 1. The van der Waals surface area contributed by atoms with Crippen molar-refractivity contribution in [2.45, 2.75) is 26.7 Å². The lowest BCUT2D eigenvalue weighted by Gasteiger charge is -2.15. The van der Waals surface area contributed by atoms with Crippen LogP contribution in [0.3, 0.4) is 0 Å². The van der Waals surface area contributed by atoms with Crippen LogP contribution in [-0.2, 0) is 4.74 Å². The van der Waals surface area contributed by atoms with Crippen molar-refractivity contribution in [3.8, 4) is 0 Å². The number of unbranched alkanes of at least 4 members (excludes halogenated alkanes) is 1. The van der Waals surface area contributed by atoms with Gasteiger partial charge in [-0.15, -0.1) is 24.0 Å². The Morgan fingerprint density at radius 1 is 1.21 bits per heavy atom. The van der Waals surface area contributed by atoms with Gasteiger partial charge < -0.3 is 20.3 Å². The fourth-order valence-electron chi connectivity index (χ4n) is 1.49. The standard InChI is InChI=1S/C13H30N4O.HI/c1-5-7-10-17(3)11-8-15-13(14-6-2)16-9-12-18-4;/h5-12H2,1-4H3,(H2,14,15,16);1H. The van der Waals surface area contributed by atoms with Crippen molar-refractivity contribution in [1.82, 2.24) is 15.5 Å². The Balaban J connectivity index is 0. The van der Waals surface area contributed by atoms with Crippen molar-refractivity contribution in [3.63, 3.8) is 0 Å². The van der Waals surface area contributed by atoms with Gasteiger partial charge in [0.2, 0.25) is 0 Å². The van der Waals surface area contributed by atoms with Gasteiger partial charge in [-0.25, -0.2) is 0 Å². The highest BCUT2D eigenvalue weighted by Gasteiger charge is 1.98. The molecule has 0 amide bonds. The average Bonchev–Trinajstić information content (AvgIpc) is 2.36. The van der Waals surface area contributed by atoms with Crippen LogP contribution in [0.1, 0.15) is 26.7 Å². The highest BCUT2D eigenvalue weighted by molar-refractivity contribution is 14.0. The zero-order chi connectivity index (χ0) is 13.6. The minimum atomic E-state index is 0. The van der Waals surface area contributed by atoms with Crippen LogP contribution in [0, 0.1) is 0 Å². The van der Waals surface area contributed by atoms with E-state index in [1.807, 2.05) is 0 Å². The van der Waals surface area contributed by atoms with E-state index >= 15 is 0 Å². The first-order valence-electron chi connectivity index (χ1n) is 6.94. The summed E-state index contributed by atoms with van der Waals surface area (Å²) in [5, 5.41) is 6.46. The van der Waals surface area contributed by atoms with Gasteiger partial charge in [0.1, 0.15) is 0 Å². The van der Waals surface area contributed by atoms with Crippen LogP contribution in [0.2, 0.25) is 0 Å². The molecule has 0 fully saturated rings. The summed E-state index contributed by atoms with van der Waals surface area (Å²) < 4.78 is 5.00. The summed E-state index contributed by atoms with van der Waals surface area (Å²) in [6.45, 7) is 9.62. The maximum absolute atomic E-state index is 5.00. The molecule has 116 valence electrons. The number of halogens is 1. The molecule has 0 aromatic carbocycles. The first-order chi connectivity index (χ1) is 8.74. The van der Waals surface area contributed by atoms with Crippen molar-refractivity contribution in [2.24, 2.45) is 4.99 Å². The van der Waals surface area contributed by atoms with Gasteiger partial charge in [0.05, 0.1) is 13.2 Å². The van der Waals surface area contributed by atoms with Crippen LogP contribution in [0.25, 0.3) is 0 Å². The molecule has 0 saturated carbocycles. The Morgan fingerprint density at radius 3 is 2.53 bits per heavy atom. The second-order valence-corrected chi connectivity index (χ2v) is 4.34. The highest BCUT2D eigenvalue weighted by atomic mass is 127. The Kier molecular flexibility index (Phi) is 17.8. The molecule has 0 aliphatic carbocycles. The summed E-state index contributed by atoms with van der Waals surface area (Å²) >= 11 is 0. The Hall–Kier alpha value is -0.0800. The molecule has 0 spiro atoms. The molecule has 5 nitrogen and oxygen atoms in total. The Morgan fingerprint density at radius 2 is 1.95 bits per heavy atom. The molecule has 0 rings (SSSR count). The smallest absolute Gasteiger partial charge is 0.191 e. The molecule has 0 radical (unpaired) electrons. The molecular formula is C13H31IN4O.